The summed E-state index contributed by atoms with van der Waals surface area (Å²) in [5.41, 5.74) is 13.0. The largest absolute Gasteiger partial charge is 0.420 e. The van der Waals surface area contributed by atoms with E-state index in [0.29, 0.717) is 11.5 Å². The van der Waals surface area contributed by atoms with Gasteiger partial charge in [0.1, 0.15) is 11.6 Å². The standard InChI is InChI=1S/C21H25N5O2/c1-12-8-13(2)16(9-15(12)11-26-4-6-27-7-5-26)19-17(10-22)20(23)28-21-18(19)14(3)24-25-21/h8-9,19H,4-7,11,23H2,1-3H3,(H,24,25)/t19-/m0/s1. The summed E-state index contributed by atoms with van der Waals surface area (Å²) >= 11 is 0. The minimum Gasteiger partial charge on any atom is -0.420 e. The number of nitriles is 1. The summed E-state index contributed by atoms with van der Waals surface area (Å²) in [6, 6.07) is 6.68. The molecule has 1 aromatic heterocycles. The molecule has 28 heavy (non-hydrogen) atoms. The first-order valence-electron chi connectivity index (χ1n) is 9.52. The molecule has 7 heteroatoms. The smallest absolute Gasteiger partial charge is 0.244 e. The number of morpholine rings is 1. The van der Waals surface area contributed by atoms with Crippen LogP contribution >= 0.6 is 0 Å². The van der Waals surface area contributed by atoms with E-state index in [9.17, 15) is 5.26 Å². The molecule has 0 aliphatic carbocycles. The van der Waals surface area contributed by atoms with Gasteiger partial charge in [0.25, 0.3) is 0 Å². The third-order valence-electron chi connectivity index (χ3n) is 5.66. The maximum atomic E-state index is 9.80. The van der Waals surface area contributed by atoms with Crippen LogP contribution in [0.5, 0.6) is 5.88 Å². The van der Waals surface area contributed by atoms with Gasteiger partial charge in [-0.05, 0) is 43.0 Å². The van der Waals surface area contributed by atoms with E-state index in [1.54, 1.807) is 0 Å². The number of aryl methyl sites for hydroxylation is 3. The van der Waals surface area contributed by atoms with Crippen LogP contribution in [0, 0.1) is 32.1 Å². The lowest BCUT2D eigenvalue weighted by molar-refractivity contribution is 0.0341. The fourth-order valence-corrected chi connectivity index (χ4v) is 4.11. The van der Waals surface area contributed by atoms with Gasteiger partial charge in [-0.3, -0.25) is 10.00 Å². The molecule has 1 atom stereocenters. The molecule has 0 unspecified atom stereocenters. The quantitative estimate of drug-likeness (QED) is 0.849. The van der Waals surface area contributed by atoms with Crippen LogP contribution in [0.2, 0.25) is 0 Å². The molecular weight excluding hydrogens is 354 g/mol. The van der Waals surface area contributed by atoms with Gasteiger partial charge in [0.05, 0.1) is 19.1 Å². The Morgan fingerprint density at radius 1 is 1.25 bits per heavy atom. The van der Waals surface area contributed by atoms with Gasteiger partial charge in [-0.1, -0.05) is 12.1 Å². The van der Waals surface area contributed by atoms with Crippen molar-refractivity contribution in [2.24, 2.45) is 5.73 Å². The van der Waals surface area contributed by atoms with Gasteiger partial charge in [-0.15, -0.1) is 5.10 Å². The van der Waals surface area contributed by atoms with Crippen molar-refractivity contribution in [1.29, 1.82) is 5.26 Å². The molecule has 0 radical (unpaired) electrons. The van der Waals surface area contributed by atoms with Gasteiger partial charge in [-0.2, -0.15) is 5.26 Å². The maximum absolute atomic E-state index is 9.80. The average molecular weight is 379 g/mol. The van der Waals surface area contributed by atoms with Crippen molar-refractivity contribution in [3.8, 4) is 11.9 Å². The highest BCUT2D eigenvalue weighted by Crippen LogP contribution is 2.44. The van der Waals surface area contributed by atoms with E-state index in [1.807, 2.05) is 6.92 Å². The number of rotatable bonds is 3. The Bertz CT molecular complexity index is 979. The van der Waals surface area contributed by atoms with Crippen molar-refractivity contribution in [3.63, 3.8) is 0 Å². The monoisotopic (exact) mass is 379 g/mol. The highest BCUT2D eigenvalue weighted by atomic mass is 16.5. The topological polar surface area (TPSA) is 100 Å². The third-order valence-corrected chi connectivity index (χ3v) is 5.66. The third kappa shape index (κ3) is 3.15. The first-order valence-corrected chi connectivity index (χ1v) is 9.52. The zero-order valence-corrected chi connectivity index (χ0v) is 16.5. The first kappa shape index (κ1) is 18.5. The minimum absolute atomic E-state index is 0.126. The van der Waals surface area contributed by atoms with Crippen LogP contribution < -0.4 is 10.5 Å². The number of aromatic nitrogens is 2. The van der Waals surface area contributed by atoms with Gasteiger partial charge < -0.3 is 15.2 Å². The number of H-pyrrole nitrogens is 1. The van der Waals surface area contributed by atoms with Crippen LogP contribution in [-0.4, -0.2) is 41.4 Å². The van der Waals surface area contributed by atoms with Crippen LogP contribution in [0.4, 0.5) is 0 Å². The zero-order chi connectivity index (χ0) is 19.8. The highest BCUT2D eigenvalue weighted by molar-refractivity contribution is 5.57. The predicted octanol–water partition coefficient (Wildman–Crippen LogP) is 2.39. The number of allylic oxidation sites excluding steroid dienone is 1. The first-order chi connectivity index (χ1) is 13.5. The number of nitrogens with two attached hydrogens (primary N) is 1. The number of nitrogens with zero attached hydrogens (tertiary/aromatic N) is 3. The molecule has 1 fully saturated rings. The molecule has 3 heterocycles. The van der Waals surface area contributed by atoms with Crippen LogP contribution in [0.15, 0.2) is 23.6 Å². The van der Waals surface area contributed by atoms with Gasteiger partial charge in [0.15, 0.2) is 0 Å². The maximum Gasteiger partial charge on any atom is 0.244 e. The van der Waals surface area contributed by atoms with Crippen molar-refractivity contribution in [3.05, 3.63) is 57.1 Å². The van der Waals surface area contributed by atoms with E-state index in [4.69, 9.17) is 15.2 Å². The number of aromatic amines is 1. The van der Waals surface area contributed by atoms with Crippen LogP contribution in [0.25, 0.3) is 0 Å². The van der Waals surface area contributed by atoms with Crippen molar-refractivity contribution in [2.75, 3.05) is 26.3 Å². The van der Waals surface area contributed by atoms with E-state index >= 15 is 0 Å². The molecule has 0 saturated carbocycles. The van der Waals surface area contributed by atoms with Gasteiger partial charge in [0.2, 0.25) is 11.8 Å². The number of nitrogens with one attached hydrogen (secondary N) is 1. The Kier molecular flexibility index (Phi) is 4.84. The van der Waals surface area contributed by atoms with E-state index in [1.165, 1.54) is 11.1 Å². The molecule has 2 aliphatic heterocycles. The van der Waals surface area contributed by atoms with Crippen LogP contribution in [-0.2, 0) is 11.3 Å². The second-order valence-electron chi connectivity index (χ2n) is 7.52. The number of hydrogen-bond donors (Lipinski definition) is 2. The van der Waals surface area contributed by atoms with E-state index in [2.05, 4.69) is 47.1 Å². The summed E-state index contributed by atoms with van der Waals surface area (Å²) < 4.78 is 11.1. The average Bonchev–Trinajstić information content (AvgIpc) is 3.04. The van der Waals surface area contributed by atoms with Crippen molar-refractivity contribution in [2.45, 2.75) is 33.2 Å². The van der Waals surface area contributed by atoms with E-state index in [0.717, 1.165) is 55.2 Å². The normalized spacial score (nSPS) is 19.9. The molecular formula is C21H25N5O2. The lowest BCUT2D eigenvalue weighted by Gasteiger charge is -2.29. The Morgan fingerprint density at radius 3 is 2.71 bits per heavy atom. The molecule has 0 bridgehead atoms. The van der Waals surface area contributed by atoms with Crippen molar-refractivity contribution >= 4 is 0 Å². The van der Waals surface area contributed by atoms with E-state index < -0.39 is 0 Å². The molecule has 4 rings (SSSR count). The summed E-state index contributed by atoms with van der Waals surface area (Å²) in [4.78, 5) is 2.40. The summed E-state index contributed by atoms with van der Waals surface area (Å²) in [6.07, 6.45) is 0. The second kappa shape index (κ2) is 7.30. The van der Waals surface area contributed by atoms with Gasteiger partial charge in [-0.25, -0.2) is 0 Å². The Balaban J connectivity index is 1.80. The summed E-state index contributed by atoms with van der Waals surface area (Å²) in [5, 5.41) is 17.0. The molecule has 1 aromatic carbocycles. The second-order valence-corrected chi connectivity index (χ2v) is 7.52. The molecule has 146 valence electrons. The van der Waals surface area contributed by atoms with Crippen LogP contribution in [0.3, 0.4) is 0 Å². The highest BCUT2D eigenvalue weighted by Gasteiger charge is 2.35. The predicted molar refractivity (Wildman–Crippen MR) is 105 cm³/mol. The van der Waals surface area contributed by atoms with Crippen molar-refractivity contribution in [1.82, 2.24) is 15.1 Å². The summed E-state index contributed by atoms with van der Waals surface area (Å²) in [5.74, 6) is 0.298. The lowest BCUT2D eigenvalue weighted by Crippen LogP contribution is -2.35. The molecule has 3 N–H and O–H groups in total. The number of benzene rings is 1. The number of ether oxygens (including phenoxy) is 2. The molecule has 2 aromatic rings. The number of hydrogen-bond acceptors (Lipinski definition) is 6. The molecule has 2 aliphatic rings. The van der Waals surface area contributed by atoms with E-state index in [-0.39, 0.29) is 11.8 Å². The number of fused-ring (bicyclic) bond motifs is 1. The lowest BCUT2D eigenvalue weighted by atomic mass is 9.81. The molecule has 7 nitrogen and oxygen atoms in total. The molecule has 0 amide bonds. The molecule has 0 spiro atoms. The van der Waals surface area contributed by atoms with Gasteiger partial charge >= 0.3 is 0 Å². The van der Waals surface area contributed by atoms with Gasteiger partial charge in [0, 0.05) is 30.9 Å². The summed E-state index contributed by atoms with van der Waals surface area (Å²) in [7, 11) is 0. The fourth-order valence-electron chi connectivity index (χ4n) is 4.11. The Labute approximate surface area is 164 Å². The molecule has 1 saturated heterocycles. The Hall–Kier alpha value is -2.82. The van der Waals surface area contributed by atoms with Crippen LogP contribution in [0.1, 0.15) is 39.4 Å². The van der Waals surface area contributed by atoms with Crippen molar-refractivity contribution < 1.29 is 9.47 Å². The zero-order valence-electron chi connectivity index (χ0n) is 16.5. The summed E-state index contributed by atoms with van der Waals surface area (Å²) in [6.45, 7) is 10.4. The Morgan fingerprint density at radius 2 is 2.00 bits per heavy atom. The fraction of sp³-hybridized carbons (Fsp3) is 0.429. The SMILES string of the molecule is Cc1cc(C)c([C@H]2C(C#N)=C(N)Oc3n[nH]c(C)c32)cc1CN1CCOCC1. The minimum atomic E-state index is -0.281.